The van der Waals surface area contributed by atoms with Crippen LogP contribution in [0.1, 0.15) is 36.7 Å². The molecule has 0 aliphatic heterocycles. The van der Waals surface area contributed by atoms with Gasteiger partial charge in [0.15, 0.2) is 0 Å². The molecule has 0 amide bonds. The predicted octanol–water partition coefficient (Wildman–Crippen LogP) is 4.34. The van der Waals surface area contributed by atoms with E-state index in [4.69, 9.17) is 4.74 Å². The van der Waals surface area contributed by atoms with Crippen LogP contribution in [0.4, 0.5) is 4.39 Å². The summed E-state index contributed by atoms with van der Waals surface area (Å²) >= 11 is 0. The van der Waals surface area contributed by atoms with Crippen molar-refractivity contribution in [2.75, 3.05) is 0 Å². The maximum Gasteiger partial charge on any atom is 0.343 e. The summed E-state index contributed by atoms with van der Waals surface area (Å²) in [6, 6.07) is 12.7. The van der Waals surface area contributed by atoms with Crippen molar-refractivity contribution in [2.24, 2.45) is 0 Å². The zero-order chi connectivity index (χ0) is 14.8. The molecule has 0 spiro atoms. The molecule has 2 aromatic carbocycles. The minimum Gasteiger partial charge on any atom is -0.423 e. The van der Waals surface area contributed by atoms with Crippen LogP contribution in [0.2, 0.25) is 0 Å². The molecule has 0 aliphatic rings. The highest BCUT2D eigenvalue weighted by Crippen LogP contribution is 2.22. The number of esters is 1. The van der Waals surface area contributed by atoms with E-state index in [1.165, 1.54) is 24.3 Å². The van der Waals surface area contributed by atoms with Gasteiger partial charge in [0.25, 0.3) is 0 Å². The van der Waals surface area contributed by atoms with Crippen molar-refractivity contribution in [3.63, 3.8) is 0 Å². The fraction of sp³-hybridized carbons (Fsp3) is 0.235. The minimum absolute atomic E-state index is 0.0411. The van der Waals surface area contributed by atoms with Gasteiger partial charge in [-0.1, -0.05) is 32.9 Å². The monoisotopic (exact) mass is 272 g/mol. The molecule has 0 aliphatic carbocycles. The Labute approximate surface area is 118 Å². The molecule has 0 atom stereocenters. The summed E-state index contributed by atoms with van der Waals surface area (Å²) in [5.41, 5.74) is 1.66. The minimum atomic E-state index is -0.447. The normalized spacial score (nSPS) is 11.2. The zero-order valence-corrected chi connectivity index (χ0v) is 11.8. The number of rotatable bonds is 2. The summed E-state index contributed by atoms with van der Waals surface area (Å²) in [6.45, 7) is 6.33. The van der Waals surface area contributed by atoms with Crippen molar-refractivity contribution in [1.29, 1.82) is 0 Å². The fourth-order valence-corrected chi connectivity index (χ4v) is 1.77. The maximum absolute atomic E-state index is 12.8. The topological polar surface area (TPSA) is 26.3 Å². The Bertz CT molecular complexity index is 592. The number of benzene rings is 2. The second-order valence-electron chi connectivity index (χ2n) is 5.67. The second-order valence-corrected chi connectivity index (χ2v) is 5.67. The van der Waals surface area contributed by atoms with Crippen LogP contribution < -0.4 is 4.74 Å². The van der Waals surface area contributed by atoms with Gasteiger partial charge in [-0.2, -0.15) is 0 Å². The summed E-state index contributed by atoms with van der Waals surface area (Å²) in [7, 11) is 0. The Morgan fingerprint density at radius 1 is 0.950 bits per heavy atom. The van der Waals surface area contributed by atoms with E-state index in [9.17, 15) is 9.18 Å². The molecule has 0 fully saturated rings. The third-order valence-electron chi connectivity index (χ3n) is 3.01. The van der Waals surface area contributed by atoms with E-state index in [-0.39, 0.29) is 11.2 Å². The Morgan fingerprint density at radius 3 is 2.00 bits per heavy atom. The SMILES string of the molecule is CC(C)(C)c1ccc(C(=O)Oc2ccc(F)cc2)cc1. The molecule has 104 valence electrons. The number of ether oxygens (including phenoxy) is 1. The number of hydrogen-bond donors (Lipinski definition) is 0. The van der Waals surface area contributed by atoms with E-state index in [2.05, 4.69) is 20.8 Å². The summed E-state index contributed by atoms with van der Waals surface area (Å²) in [4.78, 5) is 11.9. The number of carbonyl (C=O) groups excluding carboxylic acids is 1. The average molecular weight is 272 g/mol. The zero-order valence-electron chi connectivity index (χ0n) is 11.8. The fourth-order valence-electron chi connectivity index (χ4n) is 1.77. The van der Waals surface area contributed by atoms with Gasteiger partial charge < -0.3 is 4.74 Å². The molecule has 0 heterocycles. The van der Waals surface area contributed by atoms with Gasteiger partial charge in [0.2, 0.25) is 0 Å². The quantitative estimate of drug-likeness (QED) is 0.600. The van der Waals surface area contributed by atoms with Crippen LogP contribution in [-0.4, -0.2) is 5.97 Å². The standard InChI is InChI=1S/C17H17FO2/c1-17(2,3)13-6-4-12(5-7-13)16(19)20-15-10-8-14(18)9-11-15/h4-11H,1-3H3. The first kappa shape index (κ1) is 14.3. The highest BCUT2D eigenvalue weighted by atomic mass is 19.1. The summed E-state index contributed by atoms with van der Waals surface area (Å²) in [5, 5.41) is 0. The van der Waals surface area contributed by atoms with Gasteiger partial charge in [0.05, 0.1) is 5.56 Å². The van der Waals surface area contributed by atoms with Crippen LogP contribution in [-0.2, 0) is 5.41 Å². The van der Waals surface area contributed by atoms with Crippen LogP contribution in [0.3, 0.4) is 0 Å². The highest BCUT2D eigenvalue weighted by Gasteiger charge is 2.15. The molecule has 0 radical (unpaired) electrons. The molecule has 2 aromatic rings. The Morgan fingerprint density at radius 2 is 1.50 bits per heavy atom. The lowest BCUT2D eigenvalue weighted by Gasteiger charge is -2.18. The smallest absolute Gasteiger partial charge is 0.343 e. The van der Waals surface area contributed by atoms with Gasteiger partial charge in [-0.3, -0.25) is 0 Å². The van der Waals surface area contributed by atoms with Crippen LogP contribution in [0, 0.1) is 5.82 Å². The van der Waals surface area contributed by atoms with Gasteiger partial charge in [0, 0.05) is 0 Å². The Hall–Kier alpha value is -2.16. The molecule has 0 bridgehead atoms. The lowest BCUT2D eigenvalue weighted by molar-refractivity contribution is 0.0734. The number of carbonyl (C=O) groups is 1. The molecule has 0 saturated heterocycles. The average Bonchev–Trinajstić information content (AvgIpc) is 2.40. The predicted molar refractivity (Wildman–Crippen MR) is 76.5 cm³/mol. The van der Waals surface area contributed by atoms with Crippen LogP contribution in [0.25, 0.3) is 0 Å². The number of hydrogen-bond acceptors (Lipinski definition) is 2. The van der Waals surface area contributed by atoms with Gasteiger partial charge in [-0.05, 0) is 47.4 Å². The van der Waals surface area contributed by atoms with E-state index in [0.717, 1.165) is 5.56 Å². The molecule has 0 aromatic heterocycles. The molecular formula is C17H17FO2. The maximum atomic E-state index is 12.8. The summed E-state index contributed by atoms with van der Waals surface area (Å²) < 4.78 is 17.9. The molecule has 0 N–H and O–H groups in total. The molecule has 2 rings (SSSR count). The van der Waals surface area contributed by atoms with Crippen molar-refractivity contribution in [2.45, 2.75) is 26.2 Å². The van der Waals surface area contributed by atoms with Gasteiger partial charge >= 0.3 is 5.97 Å². The van der Waals surface area contributed by atoms with Gasteiger partial charge in [-0.25, -0.2) is 9.18 Å². The third kappa shape index (κ3) is 3.44. The van der Waals surface area contributed by atoms with Crippen molar-refractivity contribution in [3.8, 4) is 5.75 Å². The van der Waals surface area contributed by atoms with Crippen LogP contribution in [0.15, 0.2) is 48.5 Å². The molecule has 3 heteroatoms. The molecule has 20 heavy (non-hydrogen) atoms. The van der Waals surface area contributed by atoms with Crippen LogP contribution in [0.5, 0.6) is 5.75 Å². The van der Waals surface area contributed by atoms with Gasteiger partial charge in [-0.15, -0.1) is 0 Å². The first-order valence-corrected chi connectivity index (χ1v) is 6.44. The van der Waals surface area contributed by atoms with E-state index < -0.39 is 5.97 Å². The van der Waals surface area contributed by atoms with Crippen LogP contribution >= 0.6 is 0 Å². The van der Waals surface area contributed by atoms with E-state index >= 15 is 0 Å². The summed E-state index contributed by atoms with van der Waals surface area (Å²) in [6.07, 6.45) is 0. The number of halogens is 1. The van der Waals surface area contributed by atoms with Crippen molar-refractivity contribution >= 4 is 5.97 Å². The highest BCUT2D eigenvalue weighted by molar-refractivity contribution is 5.91. The largest absolute Gasteiger partial charge is 0.423 e. The molecule has 0 saturated carbocycles. The van der Waals surface area contributed by atoms with E-state index in [1.807, 2.05) is 12.1 Å². The summed E-state index contributed by atoms with van der Waals surface area (Å²) in [5.74, 6) is -0.479. The van der Waals surface area contributed by atoms with Crippen molar-refractivity contribution < 1.29 is 13.9 Å². The molecular weight excluding hydrogens is 255 g/mol. The first-order valence-electron chi connectivity index (χ1n) is 6.44. The van der Waals surface area contributed by atoms with E-state index in [1.54, 1.807) is 12.1 Å². The molecule has 0 unspecified atom stereocenters. The van der Waals surface area contributed by atoms with Gasteiger partial charge in [0.1, 0.15) is 11.6 Å². The third-order valence-corrected chi connectivity index (χ3v) is 3.01. The van der Waals surface area contributed by atoms with Crippen molar-refractivity contribution in [1.82, 2.24) is 0 Å². The van der Waals surface area contributed by atoms with E-state index in [0.29, 0.717) is 11.3 Å². The Balaban J connectivity index is 2.11. The first-order chi connectivity index (χ1) is 9.36. The van der Waals surface area contributed by atoms with Crippen molar-refractivity contribution in [3.05, 3.63) is 65.5 Å². The second kappa shape index (κ2) is 5.45. The molecule has 2 nitrogen and oxygen atoms in total. The lowest BCUT2D eigenvalue weighted by Crippen LogP contribution is -2.12. The lowest BCUT2D eigenvalue weighted by atomic mass is 9.87. The Kier molecular flexibility index (Phi) is 3.89.